The van der Waals surface area contributed by atoms with Crippen LogP contribution >= 0.6 is 11.8 Å². The van der Waals surface area contributed by atoms with Gasteiger partial charge >= 0.3 is 0 Å². The molecule has 0 unspecified atom stereocenters. The zero-order chi connectivity index (χ0) is 12.7. The molecule has 0 aliphatic heterocycles. The average molecular weight is 258 g/mol. The molecule has 1 heterocycles. The average Bonchev–Trinajstić information content (AvgIpc) is 2.71. The number of aryl methyl sites for hydroxylation is 1. The van der Waals surface area contributed by atoms with Crippen molar-refractivity contribution in [3.8, 4) is 0 Å². The first-order valence-corrected chi connectivity index (χ1v) is 6.84. The van der Waals surface area contributed by atoms with Gasteiger partial charge in [0.2, 0.25) is 11.8 Å². The SMILES string of the molecule is CSCC[C@@H](N)C(=O)NCCc1nc(C)no1. The van der Waals surface area contributed by atoms with Crippen molar-refractivity contribution in [2.24, 2.45) is 5.73 Å². The summed E-state index contributed by atoms with van der Waals surface area (Å²) in [6.07, 6.45) is 3.21. The van der Waals surface area contributed by atoms with Crippen LogP contribution in [-0.4, -0.2) is 40.6 Å². The van der Waals surface area contributed by atoms with Gasteiger partial charge < -0.3 is 15.6 Å². The molecule has 1 aromatic heterocycles. The standard InChI is InChI=1S/C10H18N4O2S/c1-7-13-9(16-14-7)3-5-12-10(15)8(11)4-6-17-2/h8H,3-6,11H2,1-2H3,(H,12,15)/t8-/m1/s1. The van der Waals surface area contributed by atoms with Crippen LogP contribution in [0.3, 0.4) is 0 Å². The highest BCUT2D eigenvalue weighted by molar-refractivity contribution is 7.98. The van der Waals surface area contributed by atoms with Crippen molar-refractivity contribution in [2.45, 2.75) is 25.8 Å². The number of amides is 1. The number of hydrogen-bond donors (Lipinski definition) is 2. The van der Waals surface area contributed by atoms with E-state index in [9.17, 15) is 4.79 Å². The highest BCUT2D eigenvalue weighted by atomic mass is 32.2. The lowest BCUT2D eigenvalue weighted by molar-refractivity contribution is -0.122. The molecule has 0 saturated carbocycles. The Morgan fingerprint density at radius 3 is 3.00 bits per heavy atom. The topological polar surface area (TPSA) is 94.0 Å². The number of nitrogens with two attached hydrogens (primary N) is 1. The summed E-state index contributed by atoms with van der Waals surface area (Å²) in [7, 11) is 0. The van der Waals surface area contributed by atoms with Crippen molar-refractivity contribution in [1.29, 1.82) is 0 Å². The molecule has 0 saturated heterocycles. The molecule has 0 aliphatic carbocycles. The van der Waals surface area contributed by atoms with Crippen LogP contribution in [0.5, 0.6) is 0 Å². The van der Waals surface area contributed by atoms with Crippen LogP contribution in [-0.2, 0) is 11.2 Å². The van der Waals surface area contributed by atoms with Crippen molar-refractivity contribution in [3.63, 3.8) is 0 Å². The Bertz CT molecular complexity index is 356. The quantitative estimate of drug-likeness (QED) is 0.721. The normalized spacial score (nSPS) is 12.4. The summed E-state index contributed by atoms with van der Waals surface area (Å²) >= 11 is 1.68. The number of carbonyl (C=O) groups excluding carboxylic acids is 1. The Morgan fingerprint density at radius 2 is 2.41 bits per heavy atom. The van der Waals surface area contributed by atoms with Gasteiger partial charge in [0.1, 0.15) is 0 Å². The predicted molar refractivity (Wildman–Crippen MR) is 66.7 cm³/mol. The Hall–Kier alpha value is -1.08. The molecule has 6 nitrogen and oxygen atoms in total. The molecule has 1 amide bonds. The molecule has 0 aliphatic rings. The molecule has 0 fully saturated rings. The van der Waals surface area contributed by atoms with Gasteiger partial charge in [-0.25, -0.2) is 0 Å². The second-order valence-electron chi connectivity index (χ2n) is 3.66. The van der Waals surface area contributed by atoms with Crippen LogP contribution in [0.1, 0.15) is 18.1 Å². The van der Waals surface area contributed by atoms with E-state index in [1.54, 1.807) is 18.7 Å². The van der Waals surface area contributed by atoms with Crippen molar-refractivity contribution in [3.05, 3.63) is 11.7 Å². The van der Waals surface area contributed by atoms with E-state index in [1.165, 1.54) is 0 Å². The molecule has 3 N–H and O–H groups in total. The molecule has 1 aromatic rings. The minimum absolute atomic E-state index is 0.129. The van der Waals surface area contributed by atoms with Crippen LogP contribution in [0.15, 0.2) is 4.52 Å². The zero-order valence-electron chi connectivity index (χ0n) is 10.1. The zero-order valence-corrected chi connectivity index (χ0v) is 10.9. The summed E-state index contributed by atoms with van der Waals surface area (Å²) in [5.41, 5.74) is 5.71. The lowest BCUT2D eigenvalue weighted by atomic mass is 10.2. The van der Waals surface area contributed by atoms with E-state index in [0.29, 0.717) is 31.1 Å². The summed E-state index contributed by atoms with van der Waals surface area (Å²) in [4.78, 5) is 15.6. The van der Waals surface area contributed by atoms with Crippen molar-refractivity contribution in [2.75, 3.05) is 18.6 Å². The first kappa shape index (κ1) is 14.0. The molecule has 1 atom stereocenters. The van der Waals surface area contributed by atoms with E-state index in [4.69, 9.17) is 10.3 Å². The molecule has 0 bridgehead atoms. The van der Waals surface area contributed by atoms with Gasteiger partial charge in [0, 0.05) is 13.0 Å². The Morgan fingerprint density at radius 1 is 1.65 bits per heavy atom. The smallest absolute Gasteiger partial charge is 0.236 e. The third-order valence-electron chi connectivity index (χ3n) is 2.18. The fourth-order valence-corrected chi connectivity index (χ4v) is 1.73. The molecular formula is C10H18N4O2S. The second kappa shape index (κ2) is 7.29. The molecule has 17 heavy (non-hydrogen) atoms. The number of thioether (sulfide) groups is 1. The van der Waals surface area contributed by atoms with Gasteiger partial charge in [-0.2, -0.15) is 16.7 Å². The summed E-state index contributed by atoms with van der Waals surface area (Å²) in [5.74, 6) is 1.89. The fourth-order valence-electron chi connectivity index (χ4n) is 1.24. The van der Waals surface area contributed by atoms with E-state index in [1.807, 2.05) is 6.26 Å². The van der Waals surface area contributed by atoms with Gasteiger partial charge in [0.25, 0.3) is 0 Å². The minimum Gasteiger partial charge on any atom is -0.354 e. The molecule has 0 aromatic carbocycles. The highest BCUT2D eigenvalue weighted by Gasteiger charge is 2.12. The van der Waals surface area contributed by atoms with Crippen molar-refractivity contribution >= 4 is 17.7 Å². The fraction of sp³-hybridized carbons (Fsp3) is 0.700. The van der Waals surface area contributed by atoms with Gasteiger partial charge in [-0.15, -0.1) is 0 Å². The van der Waals surface area contributed by atoms with Crippen LogP contribution < -0.4 is 11.1 Å². The molecule has 0 radical (unpaired) electrons. The largest absolute Gasteiger partial charge is 0.354 e. The molecular weight excluding hydrogens is 240 g/mol. The minimum atomic E-state index is -0.438. The molecule has 0 spiro atoms. The maximum absolute atomic E-state index is 11.5. The summed E-state index contributed by atoms with van der Waals surface area (Å²) < 4.78 is 4.92. The number of hydrogen-bond acceptors (Lipinski definition) is 6. The molecule has 96 valence electrons. The van der Waals surface area contributed by atoms with E-state index in [2.05, 4.69) is 15.5 Å². The van der Waals surface area contributed by atoms with Gasteiger partial charge in [-0.3, -0.25) is 4.79 Å². The molecule has 1 rings (SSSR count). The summed E-state index contributed by atoms with van der Waals surface area (Å²) in [6, 6.07) is -0.438. The van der Waals surface area contributed by atoms with Crippen LogP contribution in [0.25, 0.3) is 0 Å². The Kier molecular flexibility index (Phi) is 5.99. The Labute approximate surface area is 105 Å². The summed E-state index contributed by atoms with van der Waals surface area (Å²) in [6.45, 7) is 2.22. The van der Waals surface area contributed by atoms with Crippen LogP contribution in [0.4, 0.5) is 0 Å². The van der Waals surface area contributed by atoms with Gasteiger partial charge in [-0.05, 0) is 25.4 Å². The van der Waals surface area contributed by atoms with Gasteiger partial charge in [-0.1, -0.05) is 5.16 Å². The highest BCUT2D eigenvalue weighted by Crippen LogP contribution is 1.99. The maximum atomic E-state index is 11.5. The second-order valence-corrected chi connectivity index (χ2v) is 4.65. The number of nitrogens with zero attached hydrogens (tertiary/aromatic N) is 2. The predicted octanol–water partition coefficient (Wildman–Crippen LogP) is 0.117. The number of rotatable bonds is 7. The lowest BCUT2D eigenvalue weighted by Gasteiger charge is -2.10. The number of carbonyl (C=O) groups is 1. The Balaban J connectivity index is 2.19. The van der Waals surface area contributed by atoms with E-state index in [-0.39, 0.29) is 5.91 Å². The number of aromatic nitrogens is 2. The van der Waals surface area contributed by atoms with Crippen LogP contribution in [0, 0.1) is 6.92 Å². The molecule has 7 heteroatoms. The lowest BCUT2D eigenvalue weighted by Crippen LogP contribution is -2.41. The third-order valence-corrected chi connectivity index (χ3v) is 2.82. The summed E-state index contributed by atoms with van der Waals surface area (Å²) in [5, 5.41) is 6.41. The monoisotopic (exact) mass is 258 g/mol. The van der Waals surface area contributed by atoms with Gasteiger partial charge in [0.05, 0.1) is 6.04 Å². The van der Waals surface area contributed by atoms with E-state index < -0.39 is 6.04 Å². The first-order valence-electron chi connectivity index (χ1n) is 5.45. The third kappa shape index (κ3) is 5.18. The van der Waals surface area contributed by atoms with E-state index >= 15 is 0 Å². The first-order chi connectivity index (χ1) is 8.13. The van der Waals surface area contributed by atoms with Crippen molar-refractivity contribution < 1.29 is 9.32 Å². The van der Waals surface area contributed by atoms with Crippen LogP contribution in [0.2, 0.25) is 0 Å². The van der Waals surface area contributed by atoms with E-state index in [0.717, 1.165) is 5.75 Å². The van der Waals surface area contributed by atoms with Gasteiger partial charge in [0.15, 0.2) is 5.82 Å². The number of nitrogens with one attached hydrogen (secondary N) is 1. The maximum Gasteiger partial charge on any atom is 0.236 e. The van der Waals surface area contributed by atoms with Crippen molar-refractivity contribution in [1.82, 2.24) is 15.5 Å².